The monoisotopic (exact) mass is 414 g/mol. The largest absolute Gasteiger partial charge is 0.464 e. The normalized spacial score (nSPS) is 20.6. The number of hydrogen-bond donors (Lipinski definition) is 0. The summed E-state index contributed by atoms with van der Waals surface area (Å²) in [4.78, 5) is 40.5. The van der Waals surface area contributed by atoms with Crippen LogP contribution in [0, 0.1) is 0 Å². The molecule has 3 rings (SSSR count). The summed E-state index contributed by atoms with van der Waals surface area (Å²) in [5.41, 5.74) is 4.14. The molecule has 0 radical (unpaired) electrons. The van der Waals surface area contributed by atoms with E-state index >= 15 is 0 Å². The Morgan fingerprint density at radius 3 is 2.66 bits per heavy atom. The average molecular weight is 415 g/mol. The third kappa shape index (κ3) is 3.83. The number of carbonyl (C=O) groups excluding carboxylic acids is 3. The summed E-state index contributed by atoms with van der Waals surface area (Å²) in [5.74, 6) is -1.06. The third-order valence-corrected chi connectivity index (χ3v) is 6.26. The Balaban J connectivity index is 1.90. The number of amides is 2. The molecular formula is C22H26N2O4S. The molecular weight excluding hydrogens is 388 g/mol. The van der Waals surface area contributed by atoms with E-state index in [4.69, 9.17) is 4.74 Å². The van der Waals surface area contributed by atoms with Crippen molar-refractivity contribution < 1.29 is 19.1 Å². The van der Waals surface area contributed by atoms with Crippen molar-refractivity contribution in [3.8, 4) is 0 Å². The number of anilines is 1. The molecule has 1 aromatic rings. The van der Waals surface area contributed by atoms with Gasteiger partial charge in [-0.3, -0.25) is 14.5 Å². The molecule has 7 heteroatoms. The number of nitrogens with zero attached hydrogens (tertiary/aromatic N) is 2. The number of ether oxygens (including phenoxy) is 1. The molecule has 0 spiro atoms. The summed E-state index contributed by atoms with van der Waals surface area (Å²) < 4.78 is 4.94. The fourth-order valence-electron chi connectivity index (χ4n) is 3.60. The van der Waals surface area contributed by atoms with Gasteiger partial charge in [0.05, 0.1) is 17.1 Å². The molecule has 1 saturated heterocycles. The smallest absolute Gasteiger partial charge is 0.329 e. The molecule has 2 heterocycles. The van der Waals surface area contributed by atoms with E-state index in [2.05, 4.69) is 38.8 Å². The number of thioether (sulfide) groups is 1. The Morgan fingerprint density at radius 2 is 2.00 bits per heavy atom. The lowest BCUT2D eigenvalue weighted by molar-refractivity contribution is -0.150. The summed E-state index contributed by atoms with van der Waals surface area (Å²) in [6.45, 7) is 9.78. The highest BCUT2D eigenvalue weighted by Gasteiger charge is 2.41. The van der Waals surface area contributed by atoms with Gasteiger partial charge in [0.15, 0.2) is 0 Å². The molecule has 2 aliphatic rings. The number of benzene rings is 1. The SMILES string of the molecule is CCOC(=O)[C@@H](C)N1C(=O)S/C(=C/c2ccc3c(c2)C(C)=CC(C)(C)N3C)C1=O. The Kier molecular flexibility index (Phi) is 5.63. The van der Waals surface area contributed by atoms with Crippen LogP contribution in [0.2, 0.25) is 0 Å². The van der Waals surface area contributed by atoms with Crippen LogP contribution in [0.1, 0.15) is 45.7 Å². The number of carbonyl (C=O) groups is 3. The zero-order chi connectivity index (χ0) is 21.5. The van der Waals surface area contributed by atoms with Gasteiger partial charge in [0.1, 0.15) is 6.04 Å². The van der Waals surface area contributed by atoms with Gasteiger partial charge in [-0.25, -0.2) is 4.79 Å². The number of allylic oxidation sites excluding steroid dienone is 1. The molecule has 6 nitrogen and oxygen atoms in total. The Bertz CT molecular complexity index is 948. The van der Waals surface area contributed by atoms with Crippen LogP contribution < -0.4 is 4.90 Å². The molecule has 29 heavy (non-hydrogen) atoms. The van der Waals surface area contributed by atoms with Crippen molar-refractivity contribution in [1.29, 1.82) is 0 Å². The fourth-order valence-corrected chi connectivity index (χ4v) is 4.51. The van der Waals surface area contributed by atoms with Gasteiger partial charge < -0.3 is 9.64 Å². The average Bonchev–Trinajstić information content (AvgIpc) is 2.92. The quantitative estimate of drug-likeness (QED) is 0.540. The summed E-state index contributed by atoms with van der Waals surface area (Å²) in [7, 11) is 2.06. The van der Waals surface area contributed by atoms with Gasteiger partial charge in [0.2, 0.25) is 0 Å². The number of rotatable bonds is 4. The van der Waals surface area contributed by atoms with Crippen LogP contribution in [0.5, 0.6) is 0 Å². The van der Waals surface area contributed by atoms with Gasteiger partial charge in [0.25, 0.3) is 11.1 Å². The number of likely N-dealkylation sites (N-methyl/N-ethyl adjacent to an activating group) is 1. The van der Waals surface area contributed by atoms with E-state index in [0.717, 1.165) is 33.5 Å². The molecule has 0 aliphatic carbocycles. The zero-order valence-corrected chi connectivity index (χ0v) is 18.4. The van der Waals surface area contributed by atoms with E-state index in [1.165, 1.54) is 12.5 Å². The summed E-state index contributed by atoms with van der Waals surface area (Å²) in [6, 6.07) is 5.05. The summed E-state index contributed by atoms with van der Waals surface area (Å²) in [5, 5.41) is -0.461. The van der Waals surface area contributed by atoms with Crippen molar-refractivity contribution in [1.82, 2.24) is 4.90 Å². The lowest BCUT2D eigenvalue weighted by Gasteiger charge is -2.40. The second-order valence-electron chi connectivity index (χ2n) is 7.80. The maximum atomic E-state index is 12.7. The van der Waals surface area contributed by atoms with Gasteiger partial charge in [-0.05, 0) is 75.7 Å². The minimum Gasteiger partial charge on any atom is -0.464 e. The molecule has 0 aromatic heterocycles. The highest BCUT2D eigenvalue weighted by molar-refractivity contribution is 8.18. The number of fused-ring (bicyclic) bond motifs is 1. The first kappa shape index (κ1) is 21.2. The first-order valence-corrected chi connectivity index (χ1v) is 10.4. The standard InChI is InChI=1S/C22H26N2O4S/c1-7-28-20(26)14(3)24-19(25)18(29-21(24)27)11-15-8-9-17-16(10-15)13(2)12-22(4,5)23(17)6/h8-12,14H,7H2,1-6H3/b18-11+/t14-/m1/s1. The number of imide groups is 1. The van der Waals surface area contributed by atoms with Gasteiger partial charge in [-0.15, -0.1) is 0 Å². The molecule has 0 unspecified atom stereocenters. The van der Waals surface area contributed by atoms with Crippen LogP contribution in [-0.4, -0.2) is 47.3 Å². The van der Waals surface area contributed by atoms with E-state index in [1.54, 1.807) is 13.0 Å². The van der Waals surface area contributed by atoms with E-state index in [-0.39, 0.29) is 12.1 Å². The Labute approximate surface area is 175 Å². The maximum Gasteiger partial charge on any atom is 0.329 e. The lowest BCUT2D eigenvalue weighted by atomic mass is 9.88. The maximum absolute atomic E-state index is 12.7. The zero-order valence-electron chi connectivity index (χ0n) is 17.6. The van der Waals surface area contributed by atoms with Crippen molar-refractivity contribution in [2.24, 2.45) is 0 Å². The highest BCUT2D eigenvalue weighted by Crippen LogP contribution is 2.39. The van der Waals surface area contributed by atoms with Gasteiger partial charge >= 0.3 is 5.97 Å². The van der Waals surface area contributed by atoms with E-state index in [0.29, 0.717) is 4.91 Å². The molecule has 2 aliphatic heterocycles. The molecule has 1 aromatic carbocycles. The first-order chi connectivity index (χ1) is 13.6. The third-order valence-electron chi connectivity index (χ3n) is 5.38. The fraction of sp³-hybridized carbons (Fsp3) is 0.409. The van der Waals surface area contributed by atoms with Crippen LogP contribution in [0.4, 0.5) is 10.5 Å². The Hall–Kier alpha value is -2.54. The van der Waals surface area contributed by atoms with Crippen LogP contribution in [0.25, 0.3) is 11.6 Å². The summed E-state index contributed by atoms with van der Waals surface area (Å²) >= 11 is 0.845. The van der Waals surface area contributed by atoms with Crippen molar-refractivity contribution in [2.75, 3.05) is 18.6 Å². The van der Waals surface area contributed by atoms with Gasteiger partial charge in [-0.1, -0.05) is 12.1 Å². The minimum absolute atomic E-state index is 0.0789. The number of esters is 1. The van der Waals surface area contributed by atoms with Crippen molar-refractivity contribution in [3.63, 3.8) is 0 Å². The predicted octanol–water partition coefficient (Wildman–Crippen LogP) is 4.31. The molecule has 154 valence electrons. The van der Waals surface area contributed by atoms with Crippen LogP contribution in [0.3, 0.4) is 0 Å². The molecule has 0 bridgehead atoms. The van der Waals surface area contributed by atoms with Crippen molar-refractivity contribution >= 4 is 46.2 Å². The van der Waals surface area contributed by atoms with Crippen molar-refractivity contribution in [3.05, 3.63) is 40.3 Å². The highest BCUT2D eigenvalue weighted by atomic mass is 32.2. The Morgan fingerprint density at radius 1 is 1.31 bits per heavy atom. The summed E-state index contributed by atoms with van der Waals surface area (Å²) in [6.07, 6.45) is 3.92. The first-order valence-electron chi connectivity index (χ1n) is 9.58. The molecule has 2 amide bonds. The van der Waals surface area contributed by atoms with Crippen molar-refractivity contribution in [2.45, 2.75) is 46.2 Å². The van der Waals surface area contributed by atoms with Crippen LogP contribution in [-0.2, 0) is 14.3 Å². The number of hydrogen-bond acceptors (Lipinski definition) is 6. The van der Waals surface area contributed by atoms with E-state index in [1.807, 2.05) is 18.2 Å². The molecule has 1 fully saturated rings. The lowest BCUT2D eigenvalue weighted by Crippen LogP contribution is -2.42. The molecule has 0 N–H and O–H groups in total. The molecule has 1 atom stereocenters. The van der Waals surface area contributed by atoms with Crippen LogP contribution in [0.15, 0.2) is 29.2 Å². The second kappa shape index (κ2) is 7.71. The molecule has 0 saturated carbocycles. The van der Waals surface area contributed by atoms with Gasteiger partial charge in [0, 0.05) is 18.3 Å². The van der Waals surface area contributed by atoms with E-state index < -0.39 is 23.2 Å². The predicted molar refractivity (Wildman–Crippen MR) is 116 cm³/mol. The topological polar surface area (TPSA) is 66.9 Å². The van der Waals surface area contributed by atoms with Crippen LogP contribution >= 0.6 is 11.8 Å². The minimum atomic E-state index is -0.946. The second-order valence-corrected chi connectivity index (χ2v) is 8.79. The van der Waals surface area contributed by atoms with E-state index in [9.17, 15) is 14.4 Å². The van der Waals surface area contributed by atoms with Gasteiger partial charge in [-0.2, -0.15) is 0 Å².